The fourth-order valence-electron chi connectivity index (χ4n) is 1.75. The van der Waals surface area contributed by atoms with Crippen LogP contribution in [-0.2, 0) is 10.0 Å². The average molecular weight is 392 g/mol. The van der Waals surface area contributed by atoms with E-state index in [0.717, 1.165) is 0 Å². The third-order valence-corrected chi connectivity index (χ3v) is 4.94. The van der Waals surface area contributed by atoms with Crippen molar-refractivity contribution < 1.29 is 13.5 Å². The minimum atomic E-state index is -3.91. The van der Waals surface area contributed by atoms with Crippen LogP contribution in [0.5, 0.6) is 0 Å². The molecule has 112 valence electrons. The van der Waals surface area contributed by atoms with Gasteiger partial charge in [-0.15, -0.1) is 0 Å². The normalized spacial score (nSPS) is 13.0. The van der Waals surface area contributed by atoms with Gasteiger partial charge in [0.1, 0.15) is 10.0 Å². The van der Waals surface area contributed by atoms with Crippen LogP contribution < -0.4 is 4.72 Å². The second-order valence-corrected chi connectivity index (χ2v) is 7.24. The van der Waals surface area contributed by atoms with E-state index in [1.54, 1.807) is 31.2 Å². The van der Waals surface area contributed by atoms with Gasteiger partial charge in [-0.1, -0.05) is 29.8 Å². The molecule has 2 rings (SSSR count). The summed E-state index contributed by atoms with van der Waals surface area (Å²) in [6, 6.07) is 7.96. The molecule has 0 amide bonds. The molecule has 0 radical (unpaired) electrons. The predicted molar refractivity (Wildman–Crippen MR) is 84.8 cm³/mol. The number of hydrogen-bond donors (Lipinski definition) is 2. The van der Waals surface area contributed by atoms with Gasteiger partial charge >= 0.3 is 0 Å². The monoisotopic (exact) mass is 390 g/mol. The first-order chi connectivity index (χ1) is 9.81. The maximum atomic E-state index is 12.4. The minimum absolute atomic E-state index is 0.125. The molecule has 1 aromatic heterocycles. The smallest absolute Gasteiger partial charge is 0.265 e. The molecule has 2 aromatic rings. The number of aromatic nitrogens is 1. The van der Waals surface area contributed by atoms with E-state index in [9.17, 15) is 13.5 Å². The van der Waals surface area contributed by atoms with E-state index in [2.05, 4.69) is 25.6 Å². The molecular weight excluding hydrogens is 380 g/mol. The van der Waals surface area contributed by atoms with Gasteiger partial charge in [0.05, 0.1) is 11.8 Å². The molecule has 21 heavy (non-hydrogen) atoms. The fourth-order valence-corrected chi connectivity index (χ4v) is 3.78. The second kappa shape index (κ2) is 6.31. The number of halogens is 2. The molecule has 1 atom stereocenters. The molecule has 0 bridgehead atoms. The van der Waals surface area contributed by atoms with Crippen molar-refractivity contribution >= 4 is 43.2 Å². The van der Waals surface area contributed by atoms with Gasteiger partial charge in [-0.3, -0.25) is 4.72 Å². The van der Waals surface area contributed by atoms with Crippen LogP contribution in [0.15, 0.2) is 45.9 Å². The molecule has 1 heterocycles. The number of aliphatic hydroxyl groups is 1. The molecule has 8 heteroatoms. The van der Waals surface area contributed by atoms with Crippen molar-refractivity contribution in [3.8, 4) is 0 Å². The molecule has 1 unspecified atom stereocenters. The van der Waals surface area contributed by atoms with Gasteiger partial charge in [-0.25, -0.2) is 13.4 Å². The first-order valence-electron chi connectivity index (χ1n) is 5.92. The molecule has 0 fully saturated rings. The lowest BCUT2D eigenvalue weighted by atomic mass is 10.1. The average Bonchev–Trinajstić information content (AvgIpc) is 2.41. The zero-order valence-corrected chi connectivity index (χ0v) is 14.1. The van der Waals surface area contributed by atoms with Crippen molar-refractivity contribution in [2.24, 2.45) is 0 Å². The Morgan fingerprint density at radius 2 is 2.05 bits per heavy atom. The Bertz CT molecular complexity index is 766. The number of para-hydroxylation sites is 1. The Kier molecular flexibility index (Phi) is 4.88. The molecular formula is C13H12BrClN2O3S. The highest BCUT2D eigenvalue weighted by Crippen LogP contribution is 2.28. The highest BCUT2D eigenvalue weighted by molar-refractivity contribution is 9.10. The lowest BCUT2D eigenvalue weighted by Gasteiger charge is -2.14. The van der Waals surface area contributed by atoms with Crippen LogP contribution in [-0.4, -0.2) is 18.5 Å². The number of hydrogen-bond acceptors (Lipinski definition) is 4. The first kappa shape index (κ1) is 16.2. The standard InChI is InChI=1S/C13H12BrClN2O3S/c1-8(18)10-4-2-3-5-11(10)17-21(19,20)12-6-9(14)7-16-13(12)15/h2-8,17-18H,1H3. The Balaban J connectivity index is 2.45. The van der Waals surface area contributed by atoms with Gasteiger partial charge in [0, 0.05) is 16.2 Å². The topological polar surface area (TPSA) is 79.3 Å². The van der Waals surface area contributed by atoms with E-state index in [-0.39, 0.29) is 10.0 Å². The van der Waals surface area contributed by atoms with Gasteiger partial charge < -0.3 is 5.11 Å². The van der Waals surface area contributed by atoms with Crippen molar-refractivity contribution in [3.05, 3.63) is 51.7 Å². The maximum Gasteiger partial charge on any atom is 0.265 e. The number of aliphatic hydroxyl groups excluding tert-OH is 1. The van der Waals surface area contributed by atoms with Crippen LogP contribution >= 0.6 is 27.5 Å². The molecule has 0 saturated heterocycles. The van der Waals surface area contributed by atoms with Gasteiger partial charge in [0.25, 0.3) is 10.0 Å². The number of nitrogens with one attached hydrogen (secondary N) is 1. The van der Waals surface area contributed by atoms with Crippen molar-refractivity contribution in [3.63, 3.8) is 0 Å². The minimum Gasteiger partial charge on any atom is -0.389 e. The van der Waals surface area contributed by atoms with Crippen LogP contribution in [0, 0.1) is 0 Å². The summed E-state index contributed by atoms with van der Waals surface area (Å²) in [7, 11) is -3.91. The zero-order chi connectivity index (χ0) is 15.6. The Labute approximate surface area is 136 Å². The fraction of sp³-hybridized carbons (Fsp3) is 0.154. The van der Waals surface area contributed by atoms with Crippen molar-refractivity contribution in [2.45, 2.75) is 17.9 Å². The summed E-state index contributed by atoms with van der Waals surface area (Å²) in [5.41, 5.74) is 0.767. The van der Waals surface area contributed by atoms with Crippen molar-refractivity contribution in [1.82, 2.24) is 4.98 Å². The largest absolute Gasteiger partial charge is 0.389 e. The van der Waals surface area contributed by atoms with E-state index < -0.39 is 16.1 Å². The van der Waals surface area contributed by atoms with Crippen LogP contribution in [0.3, 0.4) is 0 Å². The van der Waals surface area contributed by atoms with Crippen LogP contribution in [0.2, 0.25) is 5.15 Å². The lowest BCUT2D eigenvalue weighted by molar-refractivity contribution is 0.200. The lowest BCUT2D eigenvalue weighted by Crippen LogP contribution is -2.15. The highest BCUT2D eigenvalue weighted by atomic mass is 79.9. The highest BCUT2D eigenvalue weighted by Gasteiger charge is 2.21. The summed E-state index contributed by atoms with van der Waals surface area (Å²) in [6.45, 7) is 1.56. The molecule has 0 saturated carbocycles. The van der Waals surface area contributed by atoms with Gasteiger partial charge in [0.2, 0.25) is 0 Å². The summed E-state index contributed by atoms with van der Waals surface area (Å²) >= 11 is 9.01. The summed E-state index contributed by atoms with van der Waals surface area (Å²) < 4.78 is 27.7. The molecule has 1 aromatic carbocycles. The zero-order valence-electron chi connectivity index (χ0n) is 10.9. The van der Waals surface area contributed by atoms with Gasteiger partial charge in [-0.05, 0) is 35.0 Å². The maximum absolute atomic E-state index is 12.4. The molecule has 2 N–H and O–H groups in total. The summed E-state index contributed by atoms with van der Waals surface area (Å²) in [5, 5.41) is 9.57. The molecule has 0 aliphatic heterocycles. The number of sulfonamides is 1. The summed E-state index contributed by atoms with van der Waals surface area (Å²) in [5.74, 6) is 0. The summed E-state index contributed by atoms with van der Waals surface area (Å²) in [6.07, 6.45) is 0.602. The number of anilines is 1. The number of benzene rings is 1. The first-order valence-corrected chi connectivity index (χ1v) is 8.57. The molecule has 0 aliphatic rings. The van der Waals surface area contributed by atoms with E-state index in [1.807, 2.05) is 0 Å². The number of rotatable bonds is 4. The molecule has 0 spiro atoms. The van der Waals surface area contributed by atoms with E-state index in [0.29, 0.717) is 15.7 Å². The van der Waals surface area contributed by atoms with Crippen LogP contribution in [0.4, 0.5) is 5.69 Å². The third kappa shape index (κ3) is 3.74. The van der Waals surface area contributed by atoms with Crippen LogP contribution in [0.25, 0.3) is 0 Å². The van der Waals surface area contributed by atoms with Crippen molar-refractivity contribution in [2.75, 3.05) is 4.72 Å². The quantitative estimate of drug-likeness (QED) is 0.783. The second-order valence-electron chi connectivity index (χ2n) is 4.31. The van der Waals surface area contributed by atoms with E-state index >= 15 is 0 Å². The molecule has 0 aliphatic carbocycles. The number of nitrogens with zero attached hydrogens (tertiary/aromatic N) is 1. The van der Waals surface area contributed by atoms with E-state index in [1.165, 1.54) is 12.3 Å². The predicted octanol–water partition coefficient (Wildman–Crippen LogP) is 3.35. The Hall–Kier alpha value is -1.15. The Morgan fingerprint density at radius 1 is 1.38 bits per heavy atom. The van der Waals surface area contributed by atoms with Gasteiger partial charge in [0.15, 0.2) is 0 Å². The van der Waals surface area contributed by atoms with Gasteiger partial charge in [-0.2, -0.15) is 0 Å². The SMILES string of the molecule is CC(O)c1ccccc1NS(=O)(=O)c1cc(Br)cnc1Cl. The van der Waals surface area contributed by atoms with Crippen molar-refractivity contribution in [1.29, 1.82) is 0 Å². The number of pyridine rings is 1. The van der Waals surface area contributed by atoms with E-state index in [4.69, 9.17) is 11.6 Å². The molecule has 5 nitrogen and oxygen atoms in total. The summed E-state index contributed by atoms with van der Waals surface area (Å²) in [4.78, 5) is 3.65. The third-order valence-electron chi connectivity index (χ3n) is 2.72. The Morgan fingerprint density at radius 3 is 2.71 bits per heavy atom. The van der Waals surface area contributed by atoms with Crippen LogP contribution in [0.1, 0.15) is 18.6 Å².